The second-order valence-electron chi connectivity index (χ2n) is 5.07. The maximum absolute atomic E-state index is 11.7. The molecule has 0 aliphatic carbocycles. The Morgan fingerprint density at radius 1 is 1.38 bits per heavy atom. The molecule has 4 nitrogen and oxygen atoms in total. The summed E-state index contributed by atoms with van der Waals surface area (Å²) in [6.07, 6.45) is 0.671. The fourth-order valence-electron chi connectivity index (χ4n) is 2.14. The Kier molecular flexibility index (Phi) is 4.76. The third-order valence-corrected chi connectivity index (χ3v) is 4.78. The van der Waals surface area contributed by atoms with Crippen LogP contribution in [0.25, 0.3) is 0 Å². The van der Waals surface area contributed by atoms with Crippen molar-refractivity contribution in [2.75, 3.05) is 18.8 Å². The first-order valence-corrected chi connectivity index (χ1v) is 7.75. The number of sulfonamides is 1. The lowest BCUT2D eigenvalue weighted by Gasteiger charge is -2.20. The van der Waals surface area contributed by atoms with E-state index >= 15 is 0 Å². The molecular formula is C11H24N2O2S. The summed E-state index contributed by atoms with van der Waals surface area (Å²) in [6, 6.07) is 0.571. The van der Waals surface area contributed by atoms with Gasteiger partial charge in [-0.3, -0.25) is 4.90 Å². The third kappa shape index (κ3) is 3.71. The quantitative estimate of drug-likeness (QED) is 0.791. The SMILES string of the molecule is CCCS(=O)(=O)N[C@@H]1CN(C(C)C)C[C@H]1C. The van der Waals surface area contributed by atoms with Crippen molar-refractivity contribution in [3.05, 3.63) is 0 Å². The largest absolute Gasteiger partial charge is 0.299 e. The minimum absolute atomic E-state index is 0.0824. The summed E-state index contributed by atoms with van der Waals surface area (Å²) in [6.45, 7) is 10.1. The van der Waals surface area contributed by atoms with E-state index < -0.39 is 10.0 Å². The molecule has 1 heterocycles. The molecule has 2 atom stereocenters. The highest BCUT2D eigenvalue weighted by Crippen LogP contribution is 2.19. The smallest absolute Gasteiger partial charge is 0.211 e. The maximum Gasteiger partial charge on any atom is 0.211 e. The summed E-state index contributed by atoms with van der Waals surface area (Å²) in [7, 11) is -3.07. The number of hydrogen-bond acceptors (Lipinski definition) is 3. The summed E-state index contributed by atoms with van der Waals surface area (Å²) in [5.74, 6) is 0.631. The van der Waals surface area contributed by atoms with Crippen molar-refractivity contribution in [2.24, 2.45) is 5.92 Å². The Bertz CT molecular complexity index is 314. The van der Waals surface area contributed by atoms with Crippen LogP contribution in [0.1, 0.15) is 34.1 Å². The number of nitrogens with zero attached hydrogens (tertiary/aromatic N) is 1. The molecule has 5 heteroatoms. The predicted molar refractivity (Wildman–Crippen MR) is 66.9 cm³/mol. The van der Waals surface area contributed by atoms with Crippen LogP contribution in [0.2, 0.25) is 0 Å². The summed E-state index contributed by atoms with van der Waals surface area (Å²) in [5.41, 5.74) is 0. The Labute approximate surface area is 99.5 Å². The van der Waals surface area contributed by atoms with Crippen LogP contribution in [-0.2, 0) is 10.0 Å². The van der Waals surface area contributed by atoms with Gasteiger partial charge in [0.25, 0.3) is 0 Å². The third-order valence-electron chi connectivity index (χ3n) is 3.17. The van der Waals surface area contributed by atoms with Crippen LogP contribution in [0.3, 0.4) is 0 Å². The molecule has 0 bridgehead atoms. The van der Waals surface area contributed by atoms with Gasteiger partial charge < -0.3 is 0 Å². The van der Waals surface area contributed by atoms with Crippen LogP contribution in [0, 0.1) is 5.92 Å². The lowest BCUT2D eigenvalue weighted by atomic mass is 10.1. The zero-order chi connectivity index (χ0) is 12.3. The predicted octanol–water partition coefficient (Wildman–Crippen LogP) is 1.04. The van der Waals surface area contributed by atoms with Crippen LogP contribution in [0.4, 0.5) is 0 Å². The highest BCUT2D eigenvalue weighted by Gasteiger charge is 2.33. The van der Waals surface area contributed by atoms with E-state index in [1.54, 1.807) is 0 Å². The molecule has 0 aromatic carbocycles. The molecule has 0 aromatic heterocycles. The second-order valence-corrected chi connectivity index (χ2v) is 6.94. The molecule has 1 fully saturated rings. The number of rotatable bonds is 5. The van der Waals surface area contributed by atoms with Crippen LogP contribution in [-0.4, -0.2) is 44.2 Å². The standard InChI is InChI=1S/C11H24N2O2S/c1-5-6-16(14,15)12-11-8-13(9(2)3)7-10(11)4/h9-12H,5-8H2,1-4H3/t10-,11-/m1/s1. The monoisotopic (exact) mass is 248 g/mol. The Balaban J connectivity index is 2.56. The van der Waals surface area contributed by atoms with Crippen LogP contribution < -0.4 is 4.72 Å². The number of nitrogens with one attached hydrogen (secondary N) is 1. The Morgan fingerprint density at radius 2 is 2.00 bits per heavy atom. The van der Waals surface area contributed by atoms with E-state index in [1.165, 1.54) is 0 Å². The van der Waals surface area contributed by atoms with Crippen LogP contribution in [0.15, 0.2) is 0 Å². The van der Waals surface area contributed by atoms with Crippen molar-refractivity contribution in [2.45, 2.75) is 46.2 Å². The maximum atomic E-state index is 11.7. The molecule has 0 saturated carbocycles. The highest BCUT2D eigenvalue weighted by molar-refractivity contribution is 7.89. The number of hydrogen-bond donors (Lipinski definition) is 1. The van der Waals surface area contributed by atoms with Gasteiger partial charge in [-0.1, -0.05) is 13.8 Å². The molecule has 1 rings (SSSR count). The first kappa shape index (κ1) is 13.9. The molecule has 0 spiro atoms. The Hall–Kier alpha value is -0.130. The van der Waals surface area contributed by atoms with Crippen molar-refractivity contribution in [3.63, 3.8) is 0 Å². The molecule has 1 N–H and O–H groups in total. The van der Waals surface area contributed by atoms with E-state index in [4.69, 9.17) is 0 Å². The van der Waals surface area contributed by atoms with Crippen LogP contribution >= 0.6 is 0 Å². The van der Waals surface area contributed by atoms with Gasteiger partial charge in [0, 0.05) is 25.2 Å². The Morgan fingerprint density at radius 3 is 2.44 bits per heavy atom. The minimum Gasteiger partial charge on any atom is -0.299 e. The lowest BCUT2D eigenvalue weighted by molar-refractivity contribution is 0.265. The first-order valence-electron chi connectivity index (χ1n) is 6.09. The van der Waals surface area contributed by atoms with Crippen molar-refractivity contribution >= 4 is 10.0 Å². The van der Waals surface area contributed by atoms with E-state index in [9.17, 15) is 8.42 Å². The molecule has 0 radical (unpaired) electrons. The average Bonchev–Trinajstić information content (AvgIpc) is 2.47. The van der Waals surface area contributed by atoms with E-state index in [-0.39, 0.29) is 11.8 Å². The van der Waals surface area contributed by atoms with Crippen molar-refractivity contribution in [1.82, 2.24) is 9.62 Å². The van der Waals surface area contributed by atoms with Gasteiger partial charge in [-0.15, -0.1) is 0 Å². The molecular weight excluding hydrogens is 224 g/mol. The van der Waals surface area contributed by atoms with Gasteiger partial charge in [0.05, 0.1) is 5.75 Å². The lowest BCUT2D eigenvalue weighted by Crippen LogP contribution is -2.41. The van der Waals surface area contributed by atoms with Crippen molar-refractivity contribution < 1.29 is 8.42 Å². The molecule has 96 valence electrons. The van der Waals surface area contributed by atoms with E-state index in [0.29, 0.717) is 18.4 Å². The van der Waals surface area contributed by atoms with Gasteiger partial charge in [-0.05, 0) is 26.2 Å². The molecule has 0 amide bonds. The molecule has 16 heavy (non-hydrogen) atoms. The molecule has 1 aliphatic rings. The fourth-order valence-corrected chi connectivity index (χ4v) is 3.56. The van der Waals surface area contributed by atoms with Gasteiger partial charge in [0.2, 0.25) is 10.0 Å². The minimum atomic E-state index is -3.07. The second kappa shape index (κ2) is 5.47. The average molecular weight is 248 g/mol. The van der Waals surface area contributed by atoms with E-state index in [0.717, 1.165) is 13.1 Å². The first-order chi connectivity index (χ1) is 7.35. The summed E-state index contributed by atoms with van der Waals surface area (Å²) in [4.78, 5) is 2.32. The van der Waals surface area contributed by atoms with Gasteiger partial charge in [-0.25, -0.2) is 13.1 Å². The normalized spacial score (nSPS) is 27.8. The molecule has 0 unspecified atom stereocenters. The highest BCUT2D eigenvalue weighted by atomic mass is 32.2. The molecule has 1 saturated heterocycles. The number of likely N-dealkylation sites (tertiary alicyclic amines) is 1. The van der Waals surface area contributed by atoms with Crippen LogP contribution in [0.5, 0.6) is 0 Å². The summed E-state index contributed by atoms with van der Waals surface area (Å²) in [5, 5.41) is 0. The zero-order valence-corrected chi connectivity index (χ0v) is 11.5. The summed E-state index contributed by atoms with van der Waals surface area (Å²) < 4.78 is 26.2. The van der Waals surface area contributed by atoms with E-state index in [2.05, 4.69) is 30.4 Å². The van der Waals surface area contributed by atoms with Crippen molar-refractivity contribution in [3.8, 4) is 0 Å². The molecule has 0 aromatic rings. The van der Waals surface area contributed by atoms with Gasteiger partial charge in [0.15, 0.2) is 0 Å². The fraction of sp³-hybridized carbons (Fsp3) is 1.00. The van der Waals surface area contributed by atoms with Gasteiger partial charge in [-0.2, -0.15) is 0 Å². The van der Waals surface area contributed by atoms with E-state index in [1.807, 2.05) is 6.92 Å². The summed E-state index contributed by atoms with van der Waals surface area (Å²) >= 11 is 0. The molecule has 1 aliphatic heterocycles. The van der Waals surface area contributed by atoms with Gasteiger partial charge in [0.1, 0.15) is 0 Å². The van der Waals surface area contributed by atoms with Gasteiger partial charge >= 0.3 is 0 Å². The topological polar surface area (TPSA) is 49.4 Å². The van der Waals surface area contributed by atoms with Crippen molar-refractivity contribution in [1.29, 1.82) is 0 Å². The zero-order valence-electron chi connectivity index (χ0n) is 10.7.